The van der Waals surface area contributed by atoms with E-state index in [1.807, 2.05) is 6.07 Å². The van der Waals surface area contributed by atoms with Gasteiger partial charge in [0.2, 0.25) is 0 Å². The lowest BCUT2D eigenvalue weighted by molar-refractivity contribution is -0.147. The standard InChI is InChI=1S/C35H57ClO4/c1-3-5-7-9-11-13-18-22-34(37)39-27-31(28-40-35(38)23-19-14-12-10-8-6-4-2)30-24-25-32(33(36)26-30)29-20-16-15-17-21-29/h24-26,29,31H,3-23,27-28H2,1-2H3. The molecule has 0 aromatic heterocycles. The van der Waals surface area contributed by atoms with E-state index >= 15 is 0 Å². The minimum atomic E-state index is -0.214. The van der Waals surface area contributed by atoms with Crippen LogP contribution in [0.5, 0.6) is 0 Å². The predicted molar refractivity (Wildman–Crippen MR) is 167 cm³/mol. The summed E-state index contributed by atoms with van der Waals surface area (Å²) in [5.74, 6) is -0.0296. The molecule has 1 fully saturated rings. The lowest BCUT2D eigenvalue weighted by Gasteiger charge is -2.24. The summed E-state index contributed by atoms with van der Waals surface area (Å²) in [6.07, 6.45) is 23.4. The Morgan fingerprint density at radius 3 is 1.68 bits per heavy atom. The van der Waals surface area contributed by atoms with Gasteiger partial charge < -0.3 is 9.47 Å². The third kappa shape index (κ3) is 14.9. The van der Waals surface area contributed by atoms with Crippen molar-refractivity contribution < 1.29 is 19.1 Å². The topological polar surface area (TPSA) is 52.6 Å². The van der Waals surface area contributed by atoms with E-state index in [9.17, 15) is 9.59 Å². The molecule has 0 unspecified atom stereocenters. The SMILES string of the molecule is CCCCCCCCCC(=O)OCC(COC(=O)CCCCCCCCC)c1ccc(C2CCCCC2)c(Cl)c1. The molecule has 0 radical (unpaired) electrons. The maximum atomic E-state index is 12.5. The van der Waals surface area contributed by atoms with Crippen LogP contribution in [0.3, 0.4) is 0 Å². The monoisotopic (exact) mass is 576 g/mol. The van der Waals surface area contributed by atoms with Crippen molar-refractivity contribution in [2.75, 3.05) is 13.2 Å². The van der Waals surface area contributed by atoms with Crippen molar-refractivity contribution in [3.63, 3.8) is 0 Å². The number of hydrogen-bond donors (Lipinski definition) is 0. The highest BCUT2D eigenvalue weighted by Gasteiger charge is 2.22. The van der Waals surface area contributed by atoms with Gasteiger partial charge in [-0.1, -0.05) is 134 Å². The van der Waals surface area contributed by atoms with E-state index in [0.717, 1.165) is 36.3 Å². The van der Waals surface area contributed by atoms with Crippen molar-refractivity contribution in [2.45, 2.75) is 161 Å². The van der Waals surface area contributed by atoms with Crippen molar-refractivity contribution >= 4 is 23.5 Å². The Labute approximate surface area is 250 Å². The van der Waals surface area contributed by atoms with E-state index in [-0.39, 0.29) is 31.1 Å². The van der Waals surface area contributed by atoms with Crippen LogP contribution in [0.25, 0.3) is 0 Å². The summed E-state index contributed by atoms with van der Waals surface area (Å²) in [6, 6.07) is 6.24. The molecule has 0 saturated heterocycles. The Kier molecular flexibility index (Phi) is 19.1. The van der Waals surface area contributed by atoms with Crippen molar-refractivity contribution in [1.82, 2.24) is 0 Å². The Balaban J connectivity index is 1.86. The average molecular weight is 577 g/mol. The fourth-order valence-electron chi connectivity index (χ4n) is 5.77. The van der Waals surface area contributed by atoms with Crippen LogP contribution in [0.4, 0.5) is 0 Å². The van der Waals surface area contributed by atoms with Gasteiger partial charge in [-0.2, -0.15) is 0 Å². The van der Waals surface area contributed by atoms with Crippen molar-refractivity contribution in [2.24, 2.45) is 0 Å². The highest BCUT2D eigenvalue weighted by molar-refractivity contribution is 6.31. The molecule has 40 heavy (non-hydrogen) atoms. The van der Waals surface area contributed by atoms with E-state index in [2.05, 4.69) is 26.0 Å². The largest absolute Gasteiger partial charge is 0.465 e. The Hall–Kier alpha value is -1.55. The molecule has 0 amide bonds. The normalized spacial score (nSPS) is 14.0. The van der Waals surface area contributed by atoms with Crippen LogP contribution in [0, 0.1) is 0 Å². The molecule has 4 nitrogen and oxygen atoms in total. The molecule has 0 atom stereocenters. The zero-order valence-electron chi connectivity index (χ0n) is 25.7. The Bertz CT molecular complexity index is 784. The lowest BCUT2D eigenvalue weighted by atomic mass is 9.83. The molecule has 1 aliphatic rings. The molecule has 0 bridgehead atoms. The van der Waals surface area contributed by atoms with Gasteiger partial charge in [0.1, 0.15) is 13.2 Å². The highest BCUT2D eigenvalue weighted by atomic mass is 35.5. The van der Waals surface area contributed by atoms with Crippen molar-refractivity contribution in [1.29, 1.82) is 0 Å². The van der Waals surface area contributed by atoms with Gasteiger partial charge in [-0.05, 0) is 48.8 Å². The van der Waals surface area contributed by atoms with Crippen LogP contribution >= 0.6 is 11.6 Å². The minimum absolute atomic E-state index is 0.169. The zero-order valence-corrected chi connectivity index (χ0v) is 26.4. The van der Waals surface area contributed by atoms with E-state index < -0.39 is 0 Å². The average Bonchev–Trinajstić information content (AvgIpc) is 2.96. The van der Waals surface area contributed by atoms with Gasteiger partial charge in [-0.25, -0.2) is 0 Å². The fraction of sp³-hybridized carbons (Fsp3) is 0.771. The Morgan fingerprint density at radius 2 is 1.20 bits per heavy atom. The van der Waals surface area contributed by atoms with Crippen LogP contribution in [0.15, 0.2) is 18.2 Å². The fourth-order valence-corrected chi connectivity index (χ4v) is 6.11. The van der Waals surface area contributed by atoms with E-state index in [1.165, 1.54) is 102 Å². The first kappa shape index (κ1) is 34.7. The first-order valence-corrected chi connectivity index (χ1v) is 17.0. The lowest BCUT2D eigenvalue weighted by Crippen LogP contribution is -2.20. The number of carbonyl (C=O) groups excluding carboxylic acids is 2. The molecule has 5 heteroatoms. The summed E-state index contributed by atoms with van der Waals surface area (Å²) in [5.41, 5.74) is 2.19. The summed E-state index contributed by atoms with van der Waals surface area (Å²) < 4.78 is 11.4. The third-order valence-corrected chi connectivity index (χ3v) is 8.73. The van der Waals surface area contributed by atoms with E-state index in [0.29, 0.717) is 18.8 Å². The number of ether oxygens (including phenoxy) is 2. The quantitative estimate of drug-likeness (QED) is 0.102. The van der Waals surface area contributed by atoms with Gasteiger partial charge in [-0.15, -0.1) is 0 Å². The molecular weight excluding hydrogens is 520 g/mol. The molecule has 0 aliphatic heterocycles. The predicted octanol–water partition coefficient (Wildman–Crippen LogP) is 10.8. The number of carbonyl (C=O) groups is 2. The molecule has 1 aromatic rings. The van der Waals surface area contributed by atoms with Gasteiger partial charge in [0.05, 0.1) is 5.92 Å². The van der Waals surface area contributed by atoms with Crippen LogP contribution in [-0.2, 0) is 19.1 Å². The summed E-state index contributed by atoms with van der Waals surface area (Å²) in [5, 5.41) is 0.776. The smallest absolute Gasteiger partial charge is 0.305 e. The summed E-state index contributed by atoms with van der Waals surface area (Å²) >= 11 is 6.78. The number of esters is 2. The van der Waals surface area contributed by atoms with Crippen LogP contribution in [0.1, 0.15) is 172 Å². The Morgan fingerprint density at radius 1 is 0.725 bits per heavy atom. The number of unbranched alkanes of at least 4 members (excludes halogenated alkanes) is 12. The molecule has 0 N–H and O–H groups in total. The number of rotatable bonds is 22. The van der Waals surface area contributed by atoms with Gasteiger partial charge in [0.25, 0.3) is 0 Å². The van der Waals surface area contributed by atoms with E-state index in [1.54, 1.807) is 0 Å². The molecule has 0 heterocycles. The third-order valence-electron chi connectivity index (χ3n) is 8.40. The first-order valence-electron chi connectivity index (χ1n) is 16.7. The minimum Gasteiger partial charge on any atom is -0.465 e. The van der Waals surface area contributed by atoms with Gasteiger partial charge in [0, 0.05) is 17.9 Å². The van der Waals surface area contributed by atoms with Crippen LogP contribution in [-0.4, -0.2) is 25.2 Å². The second-order valence-electron chi connectivity index (χ2n) is 11.9. The molecule has 2 rings (SSSR count). The number of hydrogen-bond acceptors (Lipinski definition) is 4. The second kappa shape index (κ2) is 22.1. The maximum absolute atomic E-state index is 12.5. The first-order chi connectivity index (χ1) is 19.5. The second-order valence-corrected chi connectivity index (χ2v) is 12.3. The summed E-state index contributed by atoms with van der Waals surface area (Å²) in [4.78, 5) is 25.0. The van der Waals surface area contributed by atoms with E-state index in [4.69, 9.17) is 21.1 Å². The van der Waals surface area contributed by atoms with Crippen LogP contribution < -0.4 is 0 Å². The molecule has 0 spiro atoms. The molecule has 1 aliphatic carbocycles. The van der Waals surface area contributed by atoms with Crippen LogP contribution in [0.2, 0.25) is 5.02 Å². The van der Waals surface area contributed by atoms with Gasteiger partial charge in [0.15, 0.2) is 0 Å². The van der Waals surface area contributed by atoms with Crippen molar-refractivity contribution in [3.8, 4) is 0 Å². The summed E-state index contributed by atoms with van der Waals surface area (Å²) in [6.45, 7) is 4.86. The molecule has 1 saturated carbocycles. The summed E-state index contributed by atoms with van der Waals surface area (Å²) in [7, 11) is 0. The maximum Gasteiger partial charge on any atom is 0.305 e. The number of halogens is 1. The number of benzene rings is 1. The van der Waals surface area contributed by atoms with Crippen molar-refractivity contribution in [3.05, 3.63) is 34.3 Å². The van der Waals surface area contributed by atoms with Gasteiger partial charge in [-0.3, -0.25) is 9.59 Å². The molecule has 228 valence electrons. The molecular formula is C35H57ClO4. The molecule has 1 aromatic carbocycles. The van der Waals surface area contributed by atoms with Gasteiger partial charge >= 0.3 is 11.9 Å². The zero-order chi connectivity index (χ0) is 28.8. The highest BCUT2D eigenvalue weighted by Crippen LogP contribution is 2.37.